The lowest BCUT2D eigenvalue weighted by Crippen LogP contribution is -2.36. The summed E-state index contributed by atoms with van der Waals surface area (Å²) in [7, 11) is 0. The van der Waals surface area contributed by atoms with Crippen molar-refractivity contribution >= 4 is 0 Å². The first-order valence-electron chi connectivity index (χ1n) is 5.73. The molecule has 0 bridgehead atoms. The number of hydrogen-bond acceptors (Lipinski definition) is 1. The molecule has 0 rings (SSSR count). The molecule has 0 heterocycles. The van der Waals surface area contributed by atoms with E-state index in [1.54, 1.807) is 0 Å². The highest BCUT2D eigenvalue weighted by atomic mass is 19.3. The Kier molecular flexibility index (Phi) is 9.26. The molecule has 0 aliphatic carbocycles. The van der Waals surface area contributed by atoms with Crippen molar-refractivity contribution in [2.75, 3.05) is 6.54 Å². The van der Waals surface area contributed by atoms with Crippen LogP contribution in [0.3, 0.4) is 0 Å². The molecule has 3 heteroatoms. The number of rotatable bonds is 9. The molecule has 86 valence electrons. The van der Waals surface area contributed by atoms with E-state index in [1.807, 2.05) is 6.92 Å². The smallest absolute Gasteiger partial charge is 0.253 e. The van der Waals surface area contributed by atoms with Crippen LogP contribution < -0.4 is 5.32 Å². The first kappa shape index (κ1) is 13.8. The van der Waals surface area contributed by atoms with Crippen LogP contribution in [0, 0.1) is 0 Å². The summed E-state index contributed by atoms with van der Waals surface area (Å²) in [4.78, 5) is 0. The van der Waals surface area contributed by atoms with Gasteiger partial charge in [-0.2, -0.15) is 0 Å². The lowest BCUT2D eigenvalue weighted by molar-refractivity contribution is 0.0928. The van der Waals surface area contributed by atoms with Gasteiger partial charge < -0.3 is 5.32 Å². The van der Waals surface area contributed by atoms with Crippen molar-refractivity contribution in [3.05, 3.63) is 0 Å². The maximum atomic E-state index is 12.5. The molecule has 1 unspecified atom stereocenters. The minimum Gasteiger partial charge on any atom is -0.309 e. The van der Waals surface area contributed by atoms with Crippen LogP contribution in [0.5, 0.6) is 0 Å². The van der Waals surface area contributed by atoms with Gasteiger partial charge in [0.05, 0.1) is 6.04 Å². The molecule has 0 aromatic rings. The third kappa shape index (κ3) is 7.25. The Morgan fingerprint density at radius 3 is 2.21 bits per heavy atom. The van der Waals surface area contributed by atoms with Gasteiger partial charge in [0, 0.05) is 0 Å². The highest BCUT2D eigenvalue weighted by Gasteiger charge is 2.18. The van der Waals surface area contributed by atoms with Crippen molar-refractivity contribution in [1.82, 2.24) is 5.32 Å². The molecule has 0 saturated carbocycles. The molecule has 0 aromatic heterocycles. The predicted molar refractivity (Wildman–Crippen MR) is 56.8 cm³/mol. The van der Waals surface area contributed by atoms with E-state index in [0.717, 1.165) is 32.1 Å². The van der Waals surface area contributed by atoms with Crippen LogP contribution >= 0.6 is 0 Å². The summed E-state index contributed by atoms with van der Waals surface area (Å²) in [6.45, 7) is 4.81. The summed E-state index contributed by atoms with van der Waals surface area (Å²) in [6, 6.07) is -0.591. The molecule has 0 spiro atoms. The maximum absolute atomic E-state index is 12.5. The van der Waals surface area contributed by atoms with E-state index in [-0.39, 0.29) is 0 Å². The van der Waals surface area contributed by atoms with Crippen LogP contribution in [0.2, 0.25) is 0 Å². The van der Waals surface area contributed by atoms with Crippen LogP contribution in [0.25, 0.3) is 0 Å². The zero-order chi connectivity index (χ0) is 10.8. The first-order valence-corrected chi connectivity index (χ1v) is 5.73. The molecule has 0 aliphatic heterocycles. The highest BCUT2D eigenvalue weighted by molar-refractivity contribution is 4.68. The maximum Gasteiger partial charge on any atom is 0.253 e. The van der Waals surface area contributed by atoms with E-state index in [0.29, 0.717) is 13.0 Å². The van der Waals surface area contributed by atoms with Gasteiger partial charge in [-0.25, -0.2) is 8.78 Å². The molecule has 1 nitrogen and oxygen atoms in total. The summed E-state index contributed by atoms with van der Waals surface area (Å²) in [6.07, 6.45) is 3.61. The van der Waals surface area contributed by atoms with Crippen molar-refractivity contribution in [1.29, 1.82) is 0 Å². The number of alkyl halides is 2. The molecule has 0 amide bonds. The number of hydrogen-bond donors (Lipinski definition) is 1. The van der Waals surface area contributed by atoms with Crippen LogP contribution in [0.1, 0.15) is 52.4 Å². The SMILES string of the molecule is CCCCCCC(NCCC)C(F)F. The van der Waals surface area contributed by atoms with E-state index in [2.05, 4.69) is 12.2 Å². The molecule has 0 saturated heterocycles. The lowest BCUT2D eigenvalue weighted by atomic mass is 10.1. The lowest BCUT2D eigenvalue weighted by Gasteiger charge is -2.17. The minimum atomic E-state index is -2.22. The van der Waals surface area contributed by atoms with Gasteiger partial charge in [0.2, 0.25) is 0 Å². The monoisotopic (exact) mass is 207 g/mol. The van der Waals surface area contributed by atoms with Gasteiger partial charge in [-0.15, -0.1) is 0 Å². The van der Waals surface area contributed by atoms with E-state index >= 15 is 0 Å². The Bertz CT molecular complexity index is 118. The average molecular weight is 207 g/mol. The fraction of sp³-hybridized carbons (Fsp3) is 1.00. The van der Waals surface area contributed by atoms with Gasteiger partial charge in [0.1, 0.15) is 0 Å². The topological polar surface area (TPSA) is 12.0 Å². The molecule has 1 N–H and O–H groups in total. The third-order valence-electron chi connectivity index (χ3n) is 2.33. The van der Waals surface area contributed by atoms with E-state index in [9.17, 15) is 8.78 Å². The zero-order valence-electron chi connectivity index (χ0n) is 9.36. The summed E-state index contributed by atoms with van der Waals surface area (Å²) >= 11 is 0. The van der Waals surface area contributed by atoms with Crippen molar-refractivity contribution < 1.29 is 8.78 Å². The Labute approximate surface area is 86.3 Å². The molecule has 0 fully saturated rings. The third-order valence-corrected chi connectivity index (χ3v) is 2.33. The summed E-state index contributed by atoms with van der Waals surface area (Å²) < 4.78 is 24.9. The Hall–Kier alpha value is -0.180. The standard InChI is InChI=1S/C11H23F2N/c1-3-5-6-7-8-10(11(12)13)14-9-4-2/h10-11,14H,3-9H2,1-2H3. The van der Waals surface area contributed by atoms with E-state index in [4.69, 9.17) is 0 Å². The fourth-order valence-electron chi connectivity index (χ4n) is 1.44. The average Bonchev–Trinajstić information content (AvgIpc) is 2.16. The van der Waals surface area contributed by atoms with Gasteiger partial charge >= 0.3 is 0 Å². The van der Waals surface area contributed by atoms with E-state index in [1.165, 1.54) is 0 Å². The molecular weight excluding hydrogens is 184 g/mol. The van der Waals surface area contributed by atoms with Gasteiger partial charge in [-0.1, -0.05) is 39.5 Å². The number of unbranched alkanes of at least 4 members (excludes halogenated alkanes) is 3. The first-order chi connectivity index (χ1) is 6.72. The van der Waals surface area contributed by atoms with Crippen LogP contribution in [-0.2, 0) is 0 Å². The zero-order valence-corrected chi connectivity index (χ0v) is 9.36. The molecule has 14 heavy (non-hydrogen) atoms. The van der Waals surface area contributed by atoms with Crippen molar-refractivity contribution in [3.8, 4) is 0 Å². The molecule has 0 aromatic carbocycles. The van der Waals surface area contributed by atoms with Gasteiger partial charge in [-0.05, 0) is 19.4 Å². The Morgan fingerprint density at radius 2 is 1.71 bits per heavy atom. The largest absolute Gasteiger partial charge is 0.309 e. The quantitative estimate of drug-likeness (QED) is 0.570. The van der Waals surface area contributed by atoms with Gasteiger partial charge in [0.25, 0.3) is 6.43 Å². The molecule has 1 atom stereocenters. The molecule has 0 radical (unpaired) electrons. The van der Waals surface area contributed by atoms with Gasteiger partial charge in [-0.3, -0.25) is 0 Å². The van der Waals surface area contributed by atoms with Crippen LogP contribution in [-0.4, -0.2) is 19.0 Å². The second-order valence-corrected chi connectivity index (χ2v) is 3.74. The van der Waals surface area contributed by atoms with Crippen LogP contribution in [0.15, 0.2) is 0 Å². The molecular formula is C11H23F2N. The summed E-state index contributed by atoms with van der Waals surface area (Å²) in [5, 5.41) is 2.90. The second kappa shape index (κ2) is 9.38. The van der Waals surface area contributed by atoms with Gasteiger partial charge in [0.15, 0.2) is 0 Å². The number of nitrogens with one attached hydrogen (secondary N) is 1. The Balaban J connectivity index is 3.52. The Morgan fingerprint density at radius 1 is 1.00 bits per heavy atom. The predicted octanol–water partition coefficient (Wildman–Crippen LogP) is 3.59. The number of halogens is 2. The highest BCUT2D eigenvalue weighted by Crippen LogP contribution is 2.11. The second-order valence-electron chi connectivity index (χ2n) is 3.74. The minimum absolute atomic E-state index is 0.591. The normalized spacial score (nSPS) is 13.5. The fourth-order valence-corrected chi connectivity index (χ4v) is 1.44. The van der Waals surface area contributed by atoms with E-state index < -0.39 is 12.5 Å². The van der Waals surface area contributed by atoms with Crippen molar-refractivity contribution in [3.63, 3.8) is 0 Å². The molecule has 0 aliphatic rings. The summed E-state index contributed by atoms with van der Waals surface area (Å²) in [5.41, 5.74) is 0. The van der Waals surface area contributed by atoms with Crippen molar-refractivity contribution in [2.24, 2.45) is 0 Å². The van der Waals surface area contributed by atoms with Crippen molar-refractivity contribution in [2.45, 2.75) is 64.8 Å². The van der Waals surface area contributed by atoms with Crippen LogP contribution in [0.4, 0.5) is 8.78 Å². The summed E-state index contributed by atoms with van der Waals surface area (Å²) in [5.74, 6) is 0.